The molecule has 2 aromatic rings. The second kappa shape index (κ2) is 10.5. The Morgan fingerprint density at radius 3 is 2.52 bits per heavy atom. The van der Waals surface area contributed by atoms with Crippen molar-refractivity contribution in [2.75, 3.05) is 13.2 Å². The minimum absolute atomic E-state index is 0.402. The molecule has 0 saturated carbocycles. The number of benzene rings is 2. The Kier molecular flexibility index (Phi) is 7.91. The maximum Gasteiger partial charge on any atom is 0.108 e. The van der Waals surface area contributed by atoms with E-state index in [1.54, 1.807) is 6.92 Å². The Bertz CT molecular complexity index is 807. The molecule has 2 rings (SSSR count). The van der Waals surface area contributed by atoms with Crippen LogP contribution in [0.25, 0.3) is 6.08 Å². The first kappa shape index (κ1) is 18.9. The lowest BCUT2D eigenvalue weighted by Crippen LogP contribution is -1.96. The number of ether oxygens (including phenoxy) is 1. The molecule has 0 aliphatic rings. The monoisotopic (exact) mass is 350 g/mol. The second-order valence-corrected chi connectivity index (χ2v) is 6.86. The highest BCUT2D eigenvalue weighted by Crippen LogP contribution is 2.19. The van der Waals surface area contributed by atoms with Gasteiger partial charge in [-0.1, -0.05) is 60.0 Å². The Labute approximate surface area is 152 Å². The Morgan fingerprint density at radius 1 is 1.12 bits per heavy atom. The molecular formula is C22H22O2S. The molecule has 0 radical (unpaired) electrons. The lowest BCUT2D eigenvalue weighted by Gasteiger charge is -2.05. The minimum atomic E-state index is -1.25. The van der Waals surface area contributed by atoms with Gasteiger partial charge in [-0.05, 0) is 43.7 Å². The van der Waals surface area contributed by atoms with Gasteiger partial charge in [-0.15, -0.1) is 5.92 Å². The summed E-state index contributed by atoms with van der Waals surface area (Å²) in [6, 6.07) is 17.7. The van der Waals surface area contributed by atoms with Gasteiger partial charge >= 0.3 is 0 Å². The topological polar surface area (TPSA) is 26.3 Å². The summed E-state index contributed by atoms with van der Waals surface area (Å²) >= 11 is 0. The van der Waals surface area contributed by atoms with Gasteiger partial charge in [0.05, 0.1) is 17.4 Å². The summed E-state index contributed by atoms with van der Waals surface area (Å²) in [6.07, 6.45) is 5.68. The van der Waals surface area contributed by atoms with Crippen molar-refractivity contribution >= 4 is 16.9 Å². The summed E-state index contributed by atoms with van der Waals surface area (Å²) in [5, 5.41) is 0. The van der Waals surface area contributed by atoms with Gasteiger partial charge in [0, 0.05) is 9.80 Å². The van der Waals surface area contributed by atoms with E-state index in [0.717, 1.165) is 20.9 Å². The van der Waals surface area contributed by atoms with Crippen LogP contribution < -0.4 is 0 Å². The van der Waals surface area contributed by atoms with Crippen LogP contribution in [0.15, 0.2) is 76.5 Å². The number of aryl methyl sites for hydroxylation is 1. The summed E-state index contributed by atoms with van der Waals surface area (Å²) in [6.45, 7) is 4.64. The zero-order chi connectivity index (χ0) is 17.9. The summed E-state index contributed by atoms with van der Waals surface area (Å²) in [5.41, 5.74) is 2.16. The summed E-state index contributed by atoms with van der Waals surface area (Å²) in [7, 11) is -1.25. The number of allylic oxidation sites excluding steroid dienone is 1. The van der Waals surface area contributed by atoms with Gasteiger partial charge in [0.15, 0.2) is 0 Å². The first-order valence-electron chi connectivity index (χ1n) is 8.10. The molecule has 1 atom stereocenters. The van der Waals surface area contributed by atoms with Crippen molar-refractivity contribution in [3.63, 3.8) is 0 Å². The van der Waals surface area contributed by atoms with Crippen LogP contribution in [0.1, 0.15) is 18.1 Å². The molecule has 0 saturated heterocycles. The Hall–Kier alpha value is -2.41. The van der Waals surface area contributed by atoms with E-state index in [9.17, 15) is 4.21 Å². The molecule has 0 amide bonds. The third-order valence-corrected chi connectivity index (χ3v) is 4.79. The zero-order valence-corrected chi connectivity index (χ0v) is 15.4. The van der Waals surface area contributed by atoms with Crippen molar-refractivity contribution in [2.24, 2.45) is 0 Å². The smallest absolute Gasteiger partial charge is 0.108 e. The fraction of sp³-hybridized carbons (Fsp3) is 0.182. The van der Waals surface area contributed by atoms with Crippen LogP contribution in [0.2, 0.25) is 0 Å². The largest absolute Gasteiger partial charge is 0.365 e. The molecule has 0 fully saturated rings. The molecule has 0 spiro atoms. The molecular weight excluding hydrogens is 328 g/mol. The maximum atomic E-state index is 13.0. The molecule has 2 nitrogen and oxygen atoms in total. The normalized spacial score (nSPS) is 12.6. The molecule has 0 aliphatic heterocycles. The first-order chi connectivity index (χ1) is 12.2. The van der Waals surface area contributed by atoms with Crippen molar-refractivity contribution in [3.05, 3.63) is 82.8 Å². The Balaban J connectivity index is 2.20. The first-order valence-corrected chi connectivity index (χ1v) is 9.25. The predicted molar refractivity (Wildman–Crippen MR) is 105 cm³/mol. The van der Waals surface area contributed by atoms with Gasteiger partial charge in [0.25, 0.3) is 0 Å². The van der Waals surface area contributed by atoms with Crippen molar-refractivity contribution < 1.29 is 8.95 Å². The Morgan fingerprint density at radius 2 is 1.84 bits per heavy atom. The van der Waals surface area contributed by atoms with E-state index in [0.29, 0.717) is 13.2 Å². The van der Waals surface area contributed by atoms with Crippen LogP contribution in [0.4, 0.5) is 0 Å². The van der Waals surface area contributed by atoms with Crippen molar-refractivity contribution in [3.8, 4) is 11.8 Å². The quantitative estimate of drug-likeness (QED) is 0.410. The van der Waals surface area contributed by atoms with Crippen LogP contribution in [0.5, 0.6) is 0 Å². The van der Waals surface area contributed by atoms with Gasteiger partial charge < -0.3 is 4.74 Å². The number of rotatable bonds is 7. The van der Waals surface area contributed by atoms with Crippen LogP contribution in [-0.2, 0) is 15.5 Å². The summed E-state index contributed by atoms with van der Waals surface area (Å²) < 4.78 is 18.3. The molecule has 0 aliphatic carbocycles. The summed E-state index contributed by atoms with van der Waals surface area (Å²) in [4.78, 5) is 1.52. The highest BCUT2D eigenvalue weighted by atomic mass is 32.2. The maximum absolute atomic E-state index is 13.0. The predicted octanol–water partition coefficient (Wildman–Crippen LogP) is 4.74. The average molecular weight is 350 g/mol. The van der Waals surface area contributed by atoms with Gasteiger partial charge in [0.1, 0.15) is 6.61 Å². The van der Waals surface area contributed by atoms with Gasteiger partial charge in [-0.2, -0.15) is 0 Å². The number of hydrogen-bond acceptors (Lipinski definition) is 2. The highest BCUT2D eigenvalue weighted by Gasteiger charge is 2.08. The second-order valence-electron chi connectivity index (χ2n) is 5.38. The van der Waals surface area contributed by atoms with Crippen LogP contribution in [0.3, 0.4) is 0 Å². The number of hydrogen-bond donors (Lipinski definition) is 0. The van der Waals surface area contributed by atoms with E-state index in [1.165, 1.54) is 0 Å². The van der Waals surface area contributed by atoms with Gasteiger partial charge in [-0.3, -0.25) is 0 Å². The fourth-order valence-electron chi connectivity index (χ4n) is 2.09. The summed E-state index contributed by atoms with van der Waals surface area (Å²) in [5.74, 6) is 5.63. The third kappa shape index (κ3) is 6.54. The van der Waals surface area contributed by atoms with E-state index in [1.807, 2.05) is 79.7 Å². The highest BCUT2D eigenvalue weighted by molar-refractivity contribution is 7.89. The lowest BCUT2D eigenvalue weighted by molar-refractivity contribution is 0.199. The molecule has 2 aromatic carbocycles. The van der Waals surface area contributed by atoms with Gasteiger partial charge in [-0.25, -0.2) is 4.21 Å². The SMILES string of the molecule is CC#CCOC/C=C/C(=C/c1ccccc1)[S@@](=O)c1ccc(C)cc1. The lowest BCUT2D eigenvalue weighted by atomic mass is 10.2. The molecule has 0 bridgehead atoms. The van der Waals surface area contributed by atoms with E-state index < -0.39 is 10.8 Å². The van der Waals surface area contributed by atoms with E-state index >= 15 is 0 Å². The van der Waals surface area contributed by atoms with Crippen LogP contribution >= 0.6 is 0 Å². The fourth-order valence-corrected chi connectivity index (χ4v) is 3.21. The van der Waals surface area contributed by atoms with Crippen molar-refractivity contribution in [1.29, 1.82) is 0 Å². The molecule has 3 heteroatoms. The average Bonchev–Trinajstić information content (AvgIpc) is 2.64. The standard InChI is InChI=1S/C22H22O2S/c1-3-4-16-24-17-8-11-22(18-20-9-6-5-7-10-20)25(23)21-14-12-19(2)13-15-21/h5-15,18H,16-17H2,1-2H3/b11-8+,22-18-/t25-/m0/s1. The van der Waals surface area contributed by atoms with Crippen LogP contribution in [0, 0.1) is 18.8 Å². The van der Waals surface area contributed by atoms with Gasteiger partial charge in [0.2, 0.25) is 0 Å². The van der Waals surface area contributed by atoms with E-state index in [2.05, 4.69) is 11.8 Å². The van der Waals surface area contributed by atoms with Crippen molar-refractivity contribution in [2.45, 2.75) is 18.7 Å². The minimum Gasteiger partial charge on any atom is -0.365 e. The van der Waals surface area contributed by atoms with Crippen LogP contribution in [-0.4, -0.2) is 17.4 Å². The van der Waals surface area contributed by atoms with E-state index in [-0.39, 0.29) is 0 Å². The van der Waals surface area contributed by atoms with E-state index in [4.69, 9.17) is 4.74 Å². The zero-order valence-electron chi connectivity index (χ0n) is 14.6. The molecule has 0 unspecified atom stereocenters. The molecule has 0 aromatic heterocycles. The molecule has 128 valence electrons. The molecule has 0 N–H and O–H groups in total. The third-order valence-electron chi connectivity index (χ3n) is 3.40. The molecule has 25 heavy (non-hydrogen) atoms. The van der Waals surface area contributed by atoms with Crippen molar-refractivity contribution in [1.82, 2.24) is 0 Å². The molecule has 0 heterocycles.